The molecule has 212 valence electrons. The molecular formula is C28H23ClF3N5O4. The first kappa shape index (κ1) is 28.0. The highest BCUT2D eigenvalue weighted by molar-refractivity contribution is 6.31. The number of anilines is 2. The van der Waals surface area contributed by atoms with E-state index in [0.717, 1.165) is 12.1 Å². The maximum Gasteiger partial charge on any atom is 0.417 e. The standard InChI is InChI=1S/C28H23ClF3N5O4/c1-14-19(29)8-4-9-20(14)35-26(39)17-12-15(33-25(38)16-6-2-3-7-18(16)28(30,31)32)13-21-23(17)36-24(34-21)22-10-5-11-37(22)27(40)41/h2-4,6-9,12-13,22H,5,10-11H2,1H3,(H,33,38)(H,34,36)(H,35,39)(H,40,41)/t22-/m0/s1. The number of likely N-dealkylation sites (tertiary alicyclic amines) is 1. The van der Waals surface area contributed by atoms with E-state index in [0.29, 0.717) is 41.5 Å². The zero-order valence-electron chi connectivity index (χ0n) is 21.5. The number of hydrogen-bond donors (Lipinski definition) is 4. The third-order valence-electron chi connectivity index (χ3n) is 6.91. The van der Waals surface area contributed by atoms with Gasteiger partial charge in [-0.3, -0.25) is 14.5 Å². The summed E-state index contributed by atoms with van der Waals surface area (Å²) in [7, 11) is 0. The molecule has 0 radical (unpaired) electrons. The van der Waals surface area contributed by atoms with Gasteiger partial charge in [0.2, 0.25) is 0 Å². The molecule has 5 rings (SSSR count). The molecule has 1 aromatic heterocycles. The Labute approximate surface area is 236 Å². The van der Waals surface area contributed by atoms with E-state index in [-0.39, 0.29) is 22.3 Å². The summed E-state index contributed by atoms with van der Waals surface area (Å²) in [5.41, 5.74) is -0.144. The predicted octanol–water partition coefficient (Wildman–Crippen LogP) is 6.86. The van der Waals surface area contributed by atoms with Crippen LogP contribution in [-0.2, 0) is 6.18 Å². The maximum absolute atomic E-state index is 13.5. The number of imidazole rings is 1. The molecule has 0 aliphatic carbocycles. The molecule has 41 heavy (non-hydrogen) atoms. The summed E-state index contributed by atoms with van der Waals surface area (Å²) in [6.07, 6.45) is -4.74. The number of fused-ring (bicyclic) bond motifs is 1. The number of carboxylic acid groups (broad SMARTS) is 1. The molecule has 1 aliphatic heterocycles. The lowest BCUT2D eigenvalue weighted by atomic mass is 10.1. The van der Waals surface area contributed by atoms with Crippen LogP contribution in [0.3, 0.4) is 0 Å². The van der Waals surface area contributed by atoms with Gasteiger partial charge < -0.3 is 20.7 Å². The fraction of sp³-hybridized carbons (Fsp3) is 0.214. The van der Waals surface area contributed by atoms with E-state index in [1.165, 1.54) is 29.2 Å². The molecule has 1 saturated heterocycles. The summed E-state index contributed by atoms with van der Waals surface area (Å²) in [4.78, 5) is 47.1. The summed E-state index contributed by atoms with van der Waals surface area (Å²) in [5, 5.41) is 15.2. The van der Waals surface area contributed by atoms with Crippen molar-refractivity contribution in [2.75, 3.05) is 17.2 Å². The lowest BCUT2D eigenvalue weighted by Crippen LogP contribution is -2.29. The number of halogens is 4. The van der Waals surface area contributed by atoms with Crippen LogP contribution in [-0.4, -0.2) is 44.4 Å². The second-order valence-corrected chi connectivity index (χ2v) is 9.95. The molecule has 1 fully saturated rings. The van der Waals surface area contributed by atoms with E-state index in [1.54, 1.807) is 25.1 Å². The third kappa shape index (κ3) is 5.55. The van der Waals surface area contributed by atoms with E-state index in [1.807, 2.05) is 0 Å². The van der Waals surface area contributed by atoms with Gasteiger partial charge in [0, 0.05) is 22.9 Å². The summed E-state index contributed by atoms with van der Waals surface area (Å²) in [6, 6.07) is 11.5. The molecular weight excluding hydrogens is 563 g/mol. The van der Waals surface area contributed by atoms with Crippen LogP contribution < -0.4 is 10.6 Å². The first-order chi connectivity index (χ1) is 19.4. The maximum atomic E-state index is 13.5. The molecule has 2 heterocycles. The minimum Gasteiger partial charge on any atom is -0.465 e. The van der Waals surface area contributed by atoms with Crippen LogP contribution in [0.1, 0.15) is 56.6 Å². The Morgan fingerprint density at radius 1 is 1.05 bits per heavy atom. The summed E-state index contributed by atoms with van der Waals surface area (Å²) in [6.45, 7) is 2.04. The molecule has 0 unspecified atom stereocenters. The zero-order chi connectivity index (χ0) is 29.5. The van der Waals surface area contributed by atoms with E-state index in [9.17, 15) is 32.7 Å². The van der Waals surface area contributed by atoms with Crippen LogP contribution in [0.25, 0.3) is 11.0 Å². The highest BCUT2D eigenvalue weighted by Gasteiger charge is 2.35. The average molecular weight is 586 g/mol. The lowest BCUT2D eigenvalue weighted by molar-refractivity contribution is -0.137. The summed E-state index contributed by atoms with van der Waals surface area (Å²) < 4.78 is 40.6. The molecule has 4 aromatic rings. The molecule has 13 heteroatoms. The van der Waals surface area contributed by atoms with Gasteiger partial charge in [-0.2, -0.15) is 13.2 Å². The van der Waals surface area contributed by atoms with Gasteiger partial charge in [0.25, 0.3) is 11.8 Å². The van der Waals surface area contributed by atoms with Crippen LogP contribution >= 0.6 is 11.6 Å². The number of H-pyrrole nitrogens is 1. The van der Waals surface area contributed by atoms with Crippen molar-refractivity contribution in [2.24, 2.45) is 0 Å². The minimum atomic E-state index is -4.76. The van der Waals surface area contributed by atoms with Crippen molar-refractivity contribution in [3.63, 3.8) is 0 Å². The minimum absolute atomic E-state index is 0.00338. The number of carbonyl (C=O) groups is 3. The van der Waals surface area contributed by atoms with Crippen molar-refractivity contribution < 1.29 is 32.7 Å². The monoisotopic (exact) mass is 585 g/mol. The molecule has 1 aliphatic rings. The number of rotatable bonds is 5. The van der Waals surface area contributed by atoms with E-state index in [2.05, 4.69) is 20.6 Å². The number of carbonyl (C=O) groups excluding carboxylic acids is 2. The van der Waals surface area contributed by atoms with Crippen LogP contribution in [0.2, 0.25) is 5.02 Å². The predicted molar refractivity (Wildman–Crippen MR) is 146 cm³/mol. The smallest absolute Gasteiger partial charge is 0.417 e. The van der Waals surface area contributed by atoms with Crippen molar-refractivity contribution in [3.8, 4) is 0 Å². The Bertz CT molecular complexity index is 1690. The number of amides is 3. The SMILES string of the molecule is Cc1c(Cl)cccc1NC(=O)c1cc(NC(=O)c2ccccc2C(F)(F)F)cc2[nH]c([C@@H]3CCCN3C(=O)O)nc12. The van der Waals surface area contributed by atoms with Crippen molar-refractivity contribution >= 4 is 51.9 Å². The molecule has 9 nitrogen and oxygen atoms in total. The Kier molecular flexibility index (Phi) is 7.35. The van der Waals surface area contributed by atoms with Gasteiger partial charge in [-0.1, -0.05) is 29.8 Å². The number of aromatic nitrogens is 2. The molecule has 0 saturated carbocycles. The van der Waals surface area contributed by atoms with E-state index < -0.39 is 41.3 Å². The highest BCUT2D eigenvalue weighted by atomic mass is 35.5. The van der Waals surface area contributed by atoms with Crippen LogP contribution in [0.15, 0.2) is 54.6 Å². The number of nitrogens with one attached hydrogen (secondary N) is 3. The average Bonchev–Trinajstić information content (AvgIpc) is 3.58. The number of aromatic amines is 1. The second-order valence-electron chi connectivity index (χ2n) is 9.54. The molecule has 3 amide bonds. The second kappa shape index (κ2) is 10.8. The van der Waals surface area contributed by atoms with Crippen molar-refractivity contribution in [2.45, 2.75) is 32.0 Å². The summed E-state index contributed by atoms with van der Waals surface area (Å²) >= 11 is 6.19. The van der Waals surface area contributed by atoms with Crippen LogP contribution in [0.4, 0.5) is 29.3 Å². The molecule has 4 N–H and O–H groups in total. The molecule has 0 spiro atoms. The quantitative estimate of drug-likeness (QED) is 0.203. The zero-order valence-corrected chi connectivity index (χ0v) is 22.2. The topological polar surface area (TPSA) is 127 Å². The first-order valence-electron chi connectivity index (χ1n) is 12.5. The third-order valence-corrected chi connectivity index (χ3v) is 7.32. The van der Waals surface area contributed by atoms with Gasteiger partial charge in [-0.15, -0.1) is 0 Å². The number of alkyl halides is 3. The van der Waals surface area contributed by atoms with Gasteiger partial charge in [-0.05, 0) is 61.7 Å². The number of nitrogens with zero attached hydrogens (tertiary/aromatic N) is 2. The van der Waals surface area contributed by atoms with Crippen LogP contribution in [0.5, 0.6) is 0 Å². The van der Waals surface area contributed by atoms with E-state index >= 15 is 0 Å². The van der Waals surface area contributed by atoms with Gasteiger partial charge in [0.1, 0.15) is 11.3 Å². The Morgan fingerprint density at radius 3 is 2.51 bits per heavy atom. The Hall–Kier alpha value is -4.58. The van der Waals surface area contributed by atoms with Crippen LogP contribution in [0, 0.1) is 6.92 Å². The van der Waals surface area contributed by atoms with Gasteiger partial charge in [-0.25, -0.2) is 9.78 Å². The number of benzene rings is 3. The summed E-state index contributed by atoms with van der Waals surface area (Å²) in [5.74, 6) is -1.34. The van der Waals surface area contributed by atoms with Crippen molar-refractivity contribution in [1.82, 2.24) is 14.9 Å². The normalized spacial score (nSPS) is 15.2. The largest absolute Gasteiger partial charge is 0.465 e. The Balaban J connectivity index is 1.57. The van der Waals surface area contributed by atoms with Gasteiger partial charge >= 0.3 is 12.3 Å². The fourth-order valence-electron chi connectivity index (χ4n) is 4.88. The van der Waals surface area contributed by atoms with Gasteiger partial charge in [0.15, 0.2) is 0 Å². The van der Waals surface area contributed by atoms with E-state index in [4.69, 9.17) is 11.6 Å². The van der Waals surface area contributed by atoms with Crippen molar-refractivity contribution in [1.29, 1.82) is 0 Å². The van der Waals surface area contributed by atoms with Gasteiger partial charge in [0.05, 0.1) is 28.2 Å². The molecule has 3 aromatic carbocycles. The first-order valence-corrected chi connectivity index (χ1v) is 12.9. The molecule has 0 bridgehead atoms. The highest BCUT2D eigenvalue weighted by Crippen LogP contribution is 2.35. The lowest BCUT2D eigenvalue weighted by Gasteiger charge is -2.19. The number of hydrogen-bond acceptors (Lipinski definition) is 4. The van der Waals surface area contributed by atoms with Crippen molar-refractivity contribution in [3.05, 3.63) is 87.7 Å². The fourth-order valence-corrected chi connectivity index (χ4v) is 5.05. The molecule has 1 atom stereocenters. The Morgan fingerprint density at radius 2 is 1.78 bits per heavy atom.